The quantitative estimate of drug-likeness (QED) is 0.797. The molecule has 0 amide bonds. The van der Waals surface area contributed by atoms with Gasteiger partial charge in [0, 0.05) is 5.56 Å². The van der Waals surface area contributed by atoms with E-state index in [2.05, 4.69) is 0 Å². The van der Waals surface area contributed by atoms with Crippen molar-refractivity contribution in [2.24, 2.45) is 0 Å². The van der Waals surface area contributed by atoms with Crippen molar-refractivity contribution < 1.29 is 28.6 Å². The van der Waals surface area contributed by atoms with Gasteiger partial charge in [-0.15, -0.1) is 0 Å². The van der Waals surface area contributed by atoms with Crippen molar-refractivity contribution >= 4 is 13.4 Å². The van der Waals surface area contributed by atoms with Crippen LogP contribution in [0.5, 0.6) is 11.5 Å². The van der Waals surface area contributed by atoms with Gasteiger partial charge in [-0.3, -0.25) is 9.36 Å². The number of hydrogen-bond donors (Lipinski definition) is 2. The fraction of sp³-hybridized carbons (Fsp3) is 0.364. The van der Waals surface area contributed by atoms with Crippen molar-refractivity contribution in [2.75, 3.05) is 14.2 Å². The third kappa shape index (κ3) is 2.03. The topological polar surface area (TPSA) is 93.1 Å². The van der Waals surface area contributed by atoms with E-state index in [1.165, 1.54) is 20.3 Å². The molecule has 98 valence electrons. The van der Waals surface area contributed by atoms with Crippen LogP contribution in [0.25, 0.3) is 0 Å². The summed E-state index contributed by atoms with van der Waals surface area (Å²) in [5.74, 6) is 0.269. The second-order valence-corrected chi connectivity index (χ2v) is 5.84. The zero-order valence-corrected chi connectivity index (χ0v) is 10.8. The second kappa shape index (κ2) is 4.39. The highest BCUT2D eigenvalue weighted by atomic mass is 31.2. The zero-order valence-electron chi connectivity index (χ0n) is 9.91. The number of ketones is 1. The molecule has 1 aliphatic rings. The van der Waals surface area contributed by atoms with Gasteiger partial charge in [-0.25, -0.2) is 0 Å². The number of carbonyl (C=O) groups excluding carboxylic acids is 1. The van der Waals surface area contributed by atoms with Crippen LogP contribution in [-0.2, 0) is 11.0 Å². The fourth-order valence-electron chi connectivity index (χ4n) is 2.07. The van der Waals surface area contributed by atoms with Crippen LogP contribution in [0.3, 0.4) is 0 Å². The van der Waals surface area contributed by atoms with Gasteiger partial charge in [-0.05, 0) is 24.1 Å². The summed E-state index contributed by atoms with van der Waals surface area (Å²) in [6, 6.07) is 3.05. The van der Waals surface area contributed by atoms with E-state index in [4.69, 9.17) is 19.3 Å². The molecule has 0 aliphatic heterocycles. The molecule has 1 aromatic rings. The van der Waals surface area contributed by atoms with Gasteiger partial charge in [0.15, 0.2) is 17.3 Å². The minimum atomic E-state index is -4.43. The number of fused-ring (bicyclic) bond motifs is 1. The molecule has 6 nitrogen and oxygen atoms in total. The van der Waals surface area contributed by atoms with Gasteiger partial charge in [0.05, 0.1) is 14.2 Å². The van der Waals surface area contributed by atoms with Crippen LogP contribution < -0.4 is 9.47 Å². The van der Waals surface area contributed by atoms with Crippen LogP contribution in [0.2, 0.25) is 0 Å². The molecule has 0 spiro atoms. The van der Waals surface area contributed by atoms with Crippen LogP contribution in [0, 0.1) is 0 Å². The van der Waals surface area contributed by atoms with E-state index in [9.17, 15) is 9.36 Å². The fourth-order valence-corrected chi connectivity index (χ4v) is 2.95. The molecule has 1 atom stereocenters. The second-order valence-electron chi connectivity index (χ2n) is 4.04. The van der Waals surface area contributed by atoms with E-state index in [1.54, 1.807) is 6.07 Å². The molecule has 0 bridgehead atoms. The first-order valence-corrected chi connectivity index (χ1v) is 6.91. The molecule has 0 fully saturated rings. The van der Waals surface area contributed by atoms with Crippen molar-refractivity contribution in [3.05, 3.63) is 23.3 Å². The third-order valence-corrected chi connectivity index (χ3v) is 4.23. The minimum absolute atomic E-state index is 0.0266. The Kier molecular flexibility index (Phi) is 3.19. The Morgan fingerprint density at radius 1 is 1.22 bits per heavy atom. The van der Waals surface area contributed by atoms with Gasteiger partial charge >= 0.3 is 7.60 Å². The summed E-state index contributed by atoms with van der Waals surface area (Å²) in [5, 5.41) is 0. The maximum atomic E-state index is 11.9. The van der Waals surface area contributed by atoms with Crippen molar-refractivity contribution in [1.82, 2.24) is 0 Å². The SMILES string of the molecule is COc1cc2c(cc1OC)C(=O)C(P(=O)(O)O)C2. The molecule has 18 heavy (non-hydrogen) atoms. The number of hydrogen-bond acceptors (Lipinski definition) is 4. The number of benzene rings is 1. The first-order valence-electron chi connectivity index (χ1n) is 5.22. The number of ether oxygens (including phenoxy) is 2. The highest BCUT2D eigenvalue weighted by Crippen LogP contribution is 2.49. The van der Waals surface area contributed by atoms with E-state index in [1.807, 2.05) is 0 Å². The lowest BCUT2D eigenvalue weighted by Gasteiger charge is -2.09. The Hall–Kier alpha value is -1.36. The molecule has 2 N–H and O–H groups in total. The molecule has 0 saturated carbocycles. The lowest BCUT2D eigenvalue weighted by Crippen LogP contribution is -2.15. The van der Waals surface area contributed by atoms with Crippen molar-refractivity contribution in [3.63, 3.8) is 0 Å². The molecule has 0 heterocycles. The van der Waals surface area contributed by atoms with E-state index in [0.29, 0.717) is 22.6 Å². The maximum Gasteiger partial charge on any atom is 0.336 e. The summed E-state index contributed by atoms with van der Waals surface area (Å²) in [4.78, 5) is 30.2. The molecule has 7 heteroatoms. The monoisotopic (exact) mass is 272 g/mol. The standard InChI is InChI=1S/C11H13O6P/c1-16-8-3-6-4-10(18(13,14)15)11(12)7(6)5-9(8)17-2/h3,5,10H,4H2,1-2H3,(H2,13,14,15). The van der Waals surface area contributed by atoms with Crippen LogP contribution in [0.15, 0.2) is 12.1 Å². The van der Waals surface area contributed by atoms with Crippen molar-refractivity contribution in [1.29, 1.82) is 0 Å². The average Bonchev–Trinajstić information content (AvgIpc) is 2.64. The molecule has 2 rings (SSSR count). The van der Waals surface area contributed by atoms with E-state index < -0.39 is 19.0 Å². The Morgan fingerprint density at radius 2 is 1.78 bits per heavy atom. The number of carbonyl (C=O) groups is 1. The molecular formula is C11H13O6P. The molecule has 1 aromatic carbocycles. The van der Waals surface area contributed by atoms with Crippen molar-refractivity contribution in [3.8, 4) is 11.5 Å². The summed E-state index contributed by atoms with van der Waals surface area (Å²) in [6.07, 6.45) is 0.0266. The normalized spacial score (nSPS) is 18.7. The highest BCUT2D eigenvalue weighted by Gasteiger charge is 2.42. The van der Waals surface area contributed by atoms with Gasteiger partial charge in [0.1, 0.15) is 5.66 Å². The largest absolute Gasteiger partial charge is 0.493 e. The van der Waals surface area contributed by atoms with E-state index >= 15 is 0 Å². The summed E-state index contributed by atoms with van der Waals surface area (Å²) >= 11 is 0. The van der Waals surface area contributed by atoms with Crippen molar-refractivity contribution in [2.45, 2.75) is 12.1 Å². The molecule has 1 unspecified atom stereocenters. The number of rotatable bonds is 3. The molecule has 1 aliphatic carbocycles. The Labute approximate surface area is 104 Å². The Balaban J connectivity index is 2.50. The predicted molar refractivity (Wildman–Crippen MR) is 63.4 cm³/mol. The van der Waals surface area contributed by atoms with Gasteiger partial charge < -0.3 is 19.3 Å². The zero-order chi connectivity index (χ0) is 13.5. The summed E-state index contributed by atoms with van der Waals surface area (Å²) < 4.78 is 21.4. The maximum absolute atomic E-state index is 11.9. The minimum Gasteiger partial charge on any atom is -0.493 e. The lowest BCUT2D eigenvalue weighted by atomic mass is 10.1. The third-order valence-electron chi connectivity index (χ3n) is 3.00. The van der Waals surface area contributed by atoms with Crippen LogP contribution >= 0.6 is 7.60 Å². The highest BCUT2D eigenvalue weighted by molar-refractivity contribution is 7.53. The molecular weight excluding hydrogens is 259 g/mol. The van der Waals surface area contributed by atoms with Gasteiger partial charge in [0.2, 0.25) is 0 Å². The first kappa shape index (κ1) is 13.1. The van der Waals surface area contributed by atoms with Crippen LogP contribution in [-0.4, -0.2) is 35.4 Å². The van der Waals surface area contributed by atoms with Gasteiger partial charge in [-0.1, -0.05) is 0 Å². The van der Waals surface area contributed by atoms with Crippen LogP contribution in [0.4, 0.5) is 0 Å². The first-order chi connectivity index (χ1) is 8.38. The molecule has 0 aromatic heterocycles. The summed E-state index contributed by atoms with van der Waals surface area (Å²) in [6.45, 7) is 0. The van der Waals surface area contributed by atoms with Gasteiger partial charge in [-0.2, -0.15) is 0 Å². The van der Waals surface area contributed by atoms with Crippen LogP contribution in [0.1, 0.15) is 15.9 Å². The molecule has 0 radical (unpaired) electrons. The Morgan fingerprint density at radius 3 is 2.28 bits per heavy atom. The smallest absolute Gasteiger partial charge is 0.336 e. The number of Topliss-reactive ketones (excluding diaryl/α,β-unsaturated/α-hetero) is 1. The lowest BCUT2D eigenvalue weighted by molar-refractivity contribution is 0.0989. The van der Waals surface area contributed by atoms with E-state index in [-0.39, 0.29) is 6.42 Å². The summed E-state index contributed by atoms with van der Waals surface area (Å²) in [7, 11) is -1.54. The Bertz CT molecular complexity index is 547. The predicted octanol–water partition coefficient (Wildman–Crippen LogP) is 0.989. The number of methoxy groups -OCH3 is 2. The van der Waals surface area contributed by atoms with Gasteiger partial charge in [0.25, 0.3) is 0 Å². The van der Waals surface area contributed by atoms with E-state index in [0.717, 1.165) is 0 Å². The average molecular weight is 272 g/mol. The molecule has 0 saturated heterocycles. The summed E-state index contributed by atoms with van der Waals surface area (Å²) in [5.41, 5.74) is -0.420.